The Morgan fingerprint density at radius 1 is 0.444 bits per heavy atom. The normalized spacial score (nSPS) is 0. The zero-order valence-corrected chi connectivity index (χ0v) is 6.39. The Hall–Kier alpha value is 0.529. The zero-order valence-electron chi connectivity index (χ0n) is 4.47. The van der Waals surface area contributed by atoms with E-state index in [1.54, 1.807) is 0 Å². The Balaban J connectivity index is 0. The summed E-state index contributed by atoms with van der Waals surface area (Å²) in [7, 11) is 0. The number of rotatable bonds is 0. The van der Waals surface area contributed by atoms with E-state index in [0.29, 0.717) is 0 Å². The van der Waals surface area contributed by atoms with Crippen LogP contribution in [0.5, 0.6) is 0 Å². The number of hydrogen-bond donors (Lipinski definition) is 1. The van der Waals surface area contributed by atoms with Crippen molar-refractivity contribution in [2.45, 2.75) is 0 Å². The van der Waals surface area contributed by atoms with Gasteiger partial charge < -0.3 is 39.0 Å². The largest absolute Gasteiger partial charge is 0.412 e. The Morgan fingerprint density at radius 2 is 0.444 bits per heavy atom. The molecule has 0 atom stereocenters. The van der Waals surface area contributed by atoms with Crippen molar-refractivity contribution in [2.24, 2.45) is 0 Å². The van der Waals surface area contributed by atoms with Crippen LogP contribution in [0.1, 0.15) is 0 Å². The van der Waals surface area contributed by atoms with E-state index in [1.807, 2.05) is 0 Å². The standard InChI is InChI=1S/ClH.Fe.H3N.6H2O/h1H;;1H3;6*1H2. The van der Waals surface area contributed by atoms with Crippen molar-refractivity contribution in [2.75, 3.05) is 0 Å². The van der Waals surface area contributed by atoms with Crippen LogP contribution < -0.4 is 6.15 Å². The van der Waals surface area contributed by atoms with E-state index in [9.17, 15) is 0 Å². The van der Waals surface area contributed by atoms with E-state index < -0.39 is 0 Å². The molecule has 0 radical (unpaired) electrons. The van der Waals surface area contributed by atoms with Crippen molar-refractivity contribution in [3.8, 4) is 0 Å². The predicted molar refractivity (Wildman–Crippen MR) is 34.0 cm³/mol. The van der Waals surface area contributed by atoms with Crippen molar-refractivity contribution >= 4 is 12.4 Å². The van der Waals surface area contributed by atoms with Gasteiger partial charge in [-0.2, -0.15) is 0 Å². The maximum Gasteiger partial charge on any atom is 0 e. The van der Waals surface area contributed by atoms with Crippen LogP contribution in [0.15, 0.2) is 0 Å². The molecule has 0 rings (SSSR count). The van der Waals surface area contributed by atoms with Crippen molar-refractivity contribution in [1.82, 2.24) is 6.15 Å². The molecule has 0 amide bonds. The Labute approximate surface area is 69.1 Å². The molecular weight excluding hydrogens is 201 g/mol. The fraction of sp³-hybridized carbons (Fsp3) is 0. The van der Waals surface area contributed by atoms with Gasteiger partial charge in [-0.05, 0) is 0 Å². The zero-order chi connectivity index (χ0) is 0. The molecule has 0 bridgehead atoms. The second-order valence-corrected chi connectivity index (χ2v) is 0. The maximum atomic E-state index is 0. The van der Waals surface area contributed by atoms with Gasteiger partial charge in [0.2, 0.25) is 0 Å². The van der Waals surface area contributed by atoms with Gasteiger partial charge >= 0.3 is 0 Å². The molecule has 15 N–H and O–H groups in total. The van der Waals surface area contributed by atoms with Gasteiger partial charge in [0.05, 0.1) is 0 Å². The van der Waals surface area contributed by atoms with Crippen molar-refractivity contribution in [3.63, 3.8) is 0 Å². The molecule has 0 fully saturated rings. The van der Waals surface area contributed by atoms with Gasteiger partial charge in [-0.25, -0.2) is 0 Å². The molecule has 72 valence electrons. The van der Waals surface area contributed by atoms with E-state index in [1.165, 1.54) is 0 Å². The fourth-order valence-corrected chi connectivity index (χ4v) is 0. The predicted octanol–water partition coefficient (Wildman–Crippen LogP) is -4.37. The molecule has 0 aromatic carbocycles. The van der Waals surface area contributed by atoms with Crippen molar-refractivity contribution < 1.29 is 49.9 Å². The molecule has 0 heterocycles. The van der Waals surface area contributed by atoms with E-state index >= 15 is 0 Å². The minimum absolute atomic E-state index is 0. The van der Waals surface area contributed by atoms with Gasteiger partial charge in [0, 0.05) is 17.1 Å². The minimum atomic E-state index is 0. The average Bonchev–Trinajstić information content (AvgIpc) is 0. The number of halogens is 1. The van der Waals surface area contributed by atoms with Crippen LogP contribution in [0.2, 0.25) is 0 Å². The third kappa shape index (κ3) is 1300. The average molecular weight is 217 g/mol. The maximum absolute atomic E-state index is 0. The molecule has 0 aromatic rings. The van der Waals surface area contributed by atoms with Gasteiger partial charge in [0.25, 0.3) is 0 Å². The molecule has 0 aromatic heterocycles. The molecule has 7 nitrogen and oxygen atoms in total. The van der Waals surface area contributed by atoms with E-state index in [0.717, 1.165) is 0 Å². The molecule has 0 aliphatic heterocycles. The van der Waals surface area contributed by atoms with Crippen LogP contribution in [0, 0.1) is 0 Å². The summed E-state index contributed by atoms with van der Waals surface area (Å²) < 4.78 is 0. The summed E-state index contributed by atoms with van der Waals surface area (Å²) >= 11 is 0. The Bertz CT molecular complexity index is 13.0. The summed E-state index contributed by atoms with van der Waals surface area (Å²) in [4.78, 5) is 0. The van der Waals surface area contributed by atoms with Gasteiger partial charge in [-0.1, -0.05) is 0 Å². The molecule has 9 heteroatoms. The van der Waals surface area contributed by atoms with Gasteiger partial charge in [0.15, 0.2) is 0 Å². The third-order valence-electron chi connectivity index (χ3n) is 0. The molecule has 9 heavy (non-hydrogen) atoms. The fourth-order valence-electron chi connectivity index (χ4n) is 0. The SMILES string of the molecule is Cl.N.O.O.O.O.O.O.[Fe]. The molecule has 0 aliphatic rings. The first kappa shape index (κ1) is 2470. The first-order valence-electron chi connectivity index (χ1n) is 0. The summed E-state index contributed by atoms with van der Waals surface area (Å²) in [6.45, 7) is 0. The summed E-state index contributed by atoms with van der Waals surface area (Å²) in [5, 5.41) is 0. The summed E-state index contributed by atoms with van der Waals surface area (Å²) in [5.41, 5.74) is 0. The van der Waals surface area contributed by atoms with Gasteiger partial charge in [-0.15, -0.1) is 12.4 Å². The molecule has 0 saturated heterocycles. The van der Waals surface area contributed by atoms with Crippen molar-refractivity contribution in [1.29, 1.82) is 0 Å². The molecular formula is H16ClFeNO6. The molecule has 0 unspecified atom stereocenters. The first-order valence-corrected chi connectivity index (χ1v) is 0. The summed E-state index contributed by atoms with van der Waals surface area (Å²) in [5.74, 6) is 0. The van der Waals surface area contributed by atoms with Crippen LogP contribution in [-0.2, 0) is 17.1 Å². The Kier molecular flexibility index (Phi) is 474000. The van der Waals surface area contributed by atoms with E-state index in [-0.39, 0.29) is 68.5 Å². The van der Waals surface area contributed by atoms with Crippen LogP contribution in [0.25, 0.3) is 0 Å². The molecule has 0 aliphatic carbocycles. The quantitative estimate of drug-likeness (QED) is 0.390. The Morgan fingerprint density at radius 3 is 0.444 bits per heavy atom. The van der Waals surface area contributed by atoms with Crippen LogP contribution in [-0.4, -0.2) is 32.9 Å². The van der Waals surface area contributed by atoms with Crippen LogP contribution in [0.4, 0.5) is 0 Å². The van der Waals surface area contributed by atoms with E-state index in [2.05, 4.69) is 0 Å². The van der Waals surface area contributed by atoms with Crippen LogP contribution >= 0.6 is 12.4 Å². The molecule has 0 spiro atoms. The van der Waals surface area contributed by atoms with Crippen LogP contribution in [0.3, 0.4) is 0 Å². The molecule has 0 saturated carbocycles. The van der Waals surface area contributed by atoms with E-state index in [4.69, 9.17) is 0 Å². The number of hydrogen-bond acceptors (Lipinski definition) is 1. The minimum Gasteiger partial charge on any atom is -0.412 e. The second-order valence-electron chi connectivity index (χ2n) is 0. The van der Waals surface area contributed by atoms with Crippen molar-refractivity contribution in [3.05, 3.63) is 0 Å². The summed E-state index contributed by atoms with van der Waals surface area (Å²) in [6.07, 6.45) is 0. The summed E-state index contributed by atoms with van der Waals surface area (Å²) in [6, 6.07) is 0. The van der Waals surface area contributed by atoms with Gasteiger partial charge in [0.1, 0.15) is 0 Å². The topological polar surface area (TPSA) is 224 Å². The third-order valence-corrected chi connectivity index (χ3v) is 0. The second kappa shape index (κ2) is 1720. The van der Waals surface area contributed by atoms with Gasteiger partial charge in [-0.3, -0.25) is 0 Å². The smallest absolute Gasteiger partial charge is 0 e. The monoisotopic (exact) mass is 217 g/mol. The first-order chi connectivity index (χ1) is 0.